The number of hydrogen-bond donors (Lipinski definition) is 3. The van der Waals surface area contributed by atoms with E-state index in [1.165, 1.54) is 30.2 Å². The third-order valence-electron chi connectivity index (χ3n) is 6.11. The number of anilines is 3. The quantitative estimate of drug-likeness (QED) is 0.350. The number of benzene rings is 2. The zero-order valence-corrected chi connectivity index (χ0v) is 24.6. The summed E-state index contributed by atoms with van der Waals surface area (Å²) in [6.45, 7) is 5.16. The number of amides is 1. The van der Waals surface area contributed by atoms with E-state index >= 15 is 0 Å². The first-order valence-electron chi connectivity index (χ1n) is 12.5. The molecular weight excluding hydrogens is 603 g/mol. The van der Waals surface area contributed by atoms with E-state index in [0.717, 1.165) is 16.4 Å². The van der Waals surface area contributed by atoms with Gasteiger partial charge in [0.1, 0.15) is 16.2 Å². The summed E-state index contributed by atoms with van der Waals surface area (Å²) < 4.78 is 82.0. The lowest BCUT2D eigenvalue weighted by atomic mass is 9.98. The molecule has 2 aromatic carbocycles. The smallest absolute Gasteiger partial charge is 0.417 e. The summed E-state index contributed by atoms with van der Waals surface area (Å²) in [6.07, 6.45) is -5.44. The Morgan fingerprint density at radius 3 is 2.33 bits per heavy atom. The fourth-order valence-electron chi connectivity index (χ4n) is 4.27. The molecule has 228 valence electrons. The fourth-order valence-corrected chi connectivity index (χ4v) is 6.20. The summed E-state index contributed by atoms with van der Waals surface area (Å²) in [5, 5.41) is 8.39. The number of nitrogens with two attached hydrogens (primary N) is 1. The number of aromatic amines is 1. The Hall–Kier alpha value is -3.76. The third kappa shape index (κ3) is 6.82. The average molecular weight is 632 g/mol. The normalized spacial score (nSPS) is 15.0. The lowest BCUT2D eigenvalue weighted by Gasteiger charge is -2.35. The standard InChI is InChI=1S/C25H29ClF3N7O5S/c1-24(2,3)41-23(37)35-7-9-36(10-8-35)42(38,39)19-11-14(5-6-18(19)40-4)20-16(25(27,28)29)12-15(13-17(20)26)31-22-32-21(30)33-34-22/h5-6,11-13H,7-10H2,1-4H3,(H4,30,31,32,33,34). The molecule has 4 rings (SSSR count). The van der Waals surface area contributed by atoms with Crippen LogP contribution in [0.2, 0.25) is 5.02 Å². The first-order chi connectivity index (χ1) is 19.5. The van der Waals surface area contributed by atoms with Crippen molar-refractivity contribution in [3.63, 3.8) is 0 Å². The number of H-pyrrole nitrogens is 1. The van der Waals surface area contributed by atoms with Crippen LogP contribution in [0.25, 0.3) is 11.1 Å². The van der Waals surface area contributed by atoms with Crippen molar-refractivity contribution in [2.75, 3.05) is 44.3 Å². The minimum absolute atomic E-state index is 0.0468. The van der Waals surface area contributed by atoms with Crippen molar-refractivity contribution < 1.29 is 35.9 Å². The van der Waals surface area contributed by atoms with Gasteiger partial charge in [-0.2, -0.15) is 22.5 Å². The highest BCUT2D eigenvalue weighted by Crippen LogP contribution is 2.44. The van der Waals surface area contributed by atoms with Gasteiger partial charge >= 0.3 is 12.3 Å². The van der Waals surface area contributed by atoms with Gasteiger partial charge in [-0.05, 0) is 50.6 Å². The second-order valence-electron chi connectivity index (χ2n) is 10.3. The van der Waals surface area contributed by atoms with Crippen molar-refractivity contribution in [2.24, 2.45) is 0 Å². The lowest BCUT2D eigenvalue weighted by Crippen LogP contribution is -2.51. The number of hydrogen-bond acceptors (Lipinski definition) is 9. The zero-order valence-electron chi connectivity index (χ0n) is 23.0. The fraction of sp³-hybridized carbons (Fsp3) is 0.400. The molecule has 1 aromatic heterocycles. The molecule has 4 N–H and O–H groups in total. The largest absolute Gasteiger partial charge is 0.495 e. The van der Waals surface area contributed by atoms with Crippen molar-refractivity contribution in [2.45, 2.75) is 37.4 Å². The maximum Gasteiger partial charge on any atom is 0.417 e. The van der Waals surface area contributed by atoms with E-state index in [2.05, 4.69) is 20.5 Å². The van der Waals surface area contributed by atoms with E-state index in [1.807, 2.05) is 0 Å². The van der Waals surface area contributed by atoms with Crippen LogP contribution in [-0.4, -0.2) is 77.8 Å². The minimum Gasteiger partial charge on any atom is -0.495 e. The van der Waals surface area contributed by atoms with Gasteiger partial charge in [0.2, 0.25) is 21.9 Å². The van der Waals surface area contributed by atoms with Crippen molar-refractivity contribution in [1.29, 1.82) is 0 Å². The Kier molecular flexibility index (Phi) is 8.53. The highest BCUT2D eigenvalue weighted by Gasteiger charge is 2.37. The average Bonchev–Trinajstić information content (AvgIpc) is 3.30. The first-order valence-corrected chi connectivity index (χ1v) is 14.3. The first kappa shape index (κ1) is 31.2. The van der Waals surface area contributed by atoms with Crippen molar-refractivity contribution in [3.05, 3.63) is 40.9 Å². The number of piperazine rings is 1. The van der Waals surface area contributed by atoms with E-state index in [1.54, 1.807) is 20.8 Å². The molecule has 0 spiro atoms. The Morgan fingerprint density at radius 1 is 1.12 bits per heavy atom. The molecule has 1 saturated heterocycles. The molecule has 1 aliphatic heterocycles. The van der Waals surface area contributed by atoms with Crippen LogP contribution >= 0.6 is 11.6 Å². The number of ether oxygens (including phenoxy) is 2. The number of sulfonamides is 1. The topological polar surface area (TPSA) is 156 Å². The summed E-state index contributed by atoms with van der Waals surface area (Å²) in [5.74, 6) is -0.193. The molecule has 0 radical (unpaired) electrons. The number of methoxy groups -OCH3 is 1. The number of rotatable bonds is 6. The molecule has 42 heavy (non-hydrogen) atoms. The molecule has 0 unspecified atom stereocenters. The summed E-state index contributed by atoms with van der Waals surface area (Å²) in [5.41, 5.74) is 3.02. The Morgan fingerprint density at radius 2 is 1.79 bits per heavy atom. The van der Waals surface area contributed by atoms with Gasteiger partial charge in [-0.25, -0.2) is 18.3 Å². The van der Waals surface area contributed by atoms with Crippen LogP contribution in [0.5, 0.6) is 5.75 Å². The molecule has 0 aliphatic carbocycles. The minimum atomic E-state index is -4.87. The van der Waals surface area contributed by atoms with E-state index in [-0.39, 0.29) is 65.0 Å². The van der Waals surface area contributed by atoms with Crippen LogP contribution in [0.4, 0.5) is 35.5 Å². The summed E-state index contributed by atoms with van der Waals surface area (Å²) in [7, 11) is -3.02. The van der Waals surface area contributed by atoms with Gasteiger partial charge in [-0.3, -0.25) is 0 Å². The Labute approximate surface area is 245 Å². The molecule has 2 heterocycles. The predicted octanol–water partition coefficient (Wildman–Crippen LogP) is 4.72. The second-order valence-corrected chi connectivity index (χ2v) is 12.6. The Balaban J connectivity index is 1.69. The number of nitrogen functional groups attached to an aromatic ring is 1. The molecule has 17 heteroatoms. The van der Waals surface area contributed by atoms with Crippen LogP contribution in [0, 0.1) is 0 Å². The highest BCUT2D eigenvalue weighted by atomic mass is 35.5. The van der Waals surface area contributed by atoms with Gasteiger partial charge in [-0.1, -0.05) is 17.7 Å². The summed E-state index contributed by atoms with van der Waals surface area (Å²) in [6, 6.07) is 5.68. The number of carbonyl (C=O) groups is 1. The van der Waals surface area contributed by atoms with Crippen LogP contribution in [0.1, 0.15) is 26.3 Å². The summed E-state index contributed by atoms with van der Waals surface area (Å²) >= 11 is 6.37. The van der Waals surface area contributed by atoms with Crippen molar-refractivity contribution in [3.8, 4) is 16.9 Å². The predicted molar refractivity (Wildman–Crippen MR) is 149 cm³/mol. The van der Waals surface area contributed by atoms with Crippen LogP contribution < -0.4 is 15.8 Å². The molecule has 0 atom stereocenters. The molecule has 1 fully saturated rings. The van der Waals surface area contributed by atoms with E-state index < -0.39 is 39.0 Å². The number of alkyl halides is 3. The molecule has 1 aliphatic rings. The SMILES string of the molecule is COc1ccc(-c2c(Cl)cc(Nc3n[nH]c(N)n3)cc2C(F)(F)F)cc1S(=O)(=O)N1CCN(C(=O)OC(C)(C)C)CC1. The maximum absolute atomic E-state index is 14.3. The van der Waals surface area contributed by atoms with Gasteiger partial charge in [0.15, 0.2) is 0 Å². The number of nitrogens with zero attached hydrogens (tertiary/aromatic N) is 4. The molecule has 3 aromatic rings. The van der Waals surface area contributed by atoms with E-state index in [9.17, 15) is 26.4 Å². The number of nitrogens with one attached hydrogen (secondary N) is 2. The molecule has 0 saturated carbocycles. The Bertz CT molecular complexity index is 1580. The van der Waals surface area contributed by atoms with Crippen molar-refractivity contribution in [1.82, 2.24) is 24.4 Å². The summed E-state index contributed by atoms with van der Waals surface area (Å²) in [4.78, 5) is 17.2. The van der Waals surface area contributed by atoms with E-state index in [4.69, 9.17) is 26.8 Å². The van der Waals surface area contributed by atoms with Crippen LogP contribution in [0.3, 0.4) is 0 Å². The number of aromatic nitrogens is 3. The van der Waals surface area contributed by atoms with E-state index in [0.29, 0.717) is 0 Å². The molecule has 12 nitrogen and oxygen atoms in total. The van der Waals surface area contributed by atoms with Gasteiger partial charge in [0.25, 0.3) is 0 Å². The van der Waals surface area contributed by atoms with Gasteiger partial charge in [0.05, 0.1) is 17.7 Å². The van der Waals surface area contributed by atoms with Crippen molar-refractivity contribution >= 4 is 45.3 Å². The zero-order chi connectivity index (χ0) is 31.0. The number of halogens is 4. The molecule has 1 amide bonds. The highest BCUT2D eigenvalue weighted by molar-refractivity contribution is 7.89. The monoisotopic (exact) mass is 631 g/mol. The molecule has 0 bridgehead atoms. The van der Waals surface area contributed by atoms with Crippen LogP contribution in [-0.2, 0) is 20.9 Å². The van der Waals surface area contributed by atoms with Crippen LogP contribution in [0.15, 0.2) is 35.2 Å². The van der Waals surface area contributed by atoms with Gasteiger partial charge in [-0.15, -0.1) is 5.10 Å². The van der Waals surface area contributed by atoms with Gasteiger partial charge < -0.3 is 25.4 Å². The lowest BCUT2D eigenvalue weighted by molar-refractivity contribution is -0.137. The maximum atomic E-state index is 14.3. The molecular formula is C25H29ClF3N7O5S. The third-order valence-corrected chi connectivity index (χ3v) is 8.33. The number of carbonyl (C=O) groups excluding carboxylic acids is 1. The van der Waals surface area contributed by atoms with Gasteiger partial charge in [0, 0.05) is 37.4 Å². The second kappa shape index (κ2) is 11.5.